The molecule has 2 aliphatic heterocycles. The van der Waals surface area contributed by atoms with Crippen molar-refractivity contribution in [3.8, 4) is 0 Å². The summed E-state index contributed by atoms with van der Waals surface area (Å²) < 4.78 is 38.1. The van der Waals surface area contributed by atoms with Gasteiger partial charge in [0.1, 0.15) is 11.2 Å². The maximum atomic E-state index is 13.7. The SMILES string of the molecule is CC1CN(C(=O)OC(C)(C)C)CC[C@@]12OC(=O)c1cc(F)c(F)cc12. The molecule has 0 bridgehead atoms. The smallest absolute Gasteiger partial charge is 0.410 e. The van der Waals surface area contributed by atoms with Crippen LogP contribution in [0.3, 0.4) is 0 Å². The average molecular weight is 353 g/mol. The number of ether oxygens (including phenoxy) is 2. The molecule has 1 spiro atoms. The first-order chi connectivity index (χ1) is 11.5. The third-order valence-corrected chi connectivity index (χ3v) is 4.71. The highest BCUT2D eigenvalue weighted by molar-refractivity contribution is 5.95. The highest BCUT2D eigenvalue weighted by atomic mass is 19.2. The summed E-state index contributed by atoms with van der Waals surface area (Å²) in [6, 6.07) is 1.92. The van der Waals surface area contributed by atoms with E-state index in [1.54, 1.807) is 25.7 Å². The van der Waals surface area contributed by atoms with Gasteiger partial charge in [0, 0.05) is 31.0 Å². The van der Waals surface area contributed by atoms with E-state index < -0.39 is 34.9 Å². The number of carbonyl (C=O) groups excluding carboxylic acids is 2. The Hall–Kier alpha value is -2.18. The Morgan fingerprint density at radius 1 is 1.32 bits per heavy atom. The van der Waals surface area contributed by atoms with Gasteiger partial charge >= 0.3 is 12.1 Å². The first-order valence-electron chi connectivity index (χ1n) is 8.24. The Morgan fingerprint density at radius 3 is 2.56 bits per heavy atom. The molecule has 1 aromatic carbocycles. The average Bonchev–Trinajstić information content (AvgIpc) is 2.74. The van der Waals surface area contributed by atoms with E-state index in [0.29, 0.717) is 25.1 Å². The van der Waals surface area contributed by atoms with Gasteiger partial charge in [0.15, 0.2) is 11.6 Å². The predicted molar refractivity (Wildman–Crippen MR) is 85.0 cm³/mol. The minimum atomic E-state index is -1.08. The van der Waals surface area contributed by atoms with Crippen molar-refractivity contribution in [3.05, 3.63) is 34.9 Å². The van der Waals surface area contributed by atoms with Gasteiger partial charge in [-0.1, -0.05) is 6.92 Å². The van der Waals surface area contributed by atoms with Gasteiger partial charge in [0.25, 0.3) is 0 Å². The molecule has 2 atom stereocenters. The predicted octanol–water partition coefficient (Wildman–Crippen LogP) is 3.61. The number of piperidine rings is 1. The monoisotopic (exact) mass is 353 g/mol. The summed E-state index contributed by atoms with van der Waals surface area (Å²) in [5.74, 6) is -3.04. The number of carbonyl (C=O) groups is 2. The molecule has 5 nitrogen and oxygen atoms in total. The summed E-state index contributed by atoms with van der Waals surface area (Å²) in [6.45, 7) is 7.76. The molecule has 1 unspecified atom stereocenters. The molecule has 1 aromatic rings. The number of fused-ring (bicyclic) bond motifs is 2. The number of likely N-dealkylation sites (tertiary alicyclic amines) is 1. The molecule has 0 N–H and O–H groups in total. The largest absolute Gasteiger partial charge is 0.450 e. The molecule has 2 heterocycles. The second-order valence-electron chi connectivity index (χ2n) is 7.67. The number of benzene rings is 1. The molecule has 2 aliphatic rings. The number of nitrogens with zero attached hydrogens (tertiary/aromatic N) is 1. The lowest BCUT2D eigenvalue weighted by molar-refractivity contribution is -0.0783. The molecular weight excluding hydrogens is 332 g/mol. The van der Waals surface area contributed by atoms with Crippen molar-refractivity contribution in [2.45, 2.75) is 45.3 Å². The second-order valence-corrected chi connectivity index (χ2v) is 7.67. The molecule has 1 amide bonds. The molecule has 1 fully saturated rings. The van der Waals surface area contributed by atoms with Gasteiger partial charge in [0.05, 0.1) is 5.56 Å². The van der Waals surface area contributed by atoms with E-state index in [1.807, 2.05) is 6.92 Å². The summed E-state index contributed by atoms with van der Waals surface area (Å²) in [5.41, 5.74) is -1.24. The van der Waals surface area contributed by atoms with Crippen LogP contribution < -0.4 is 0 Å². The first kappa shape index (κ1) is 17.6. The lowest BCUT2D eigenvalue weighted by Gasteiger charge is -2.43. The van der Waals surface area contributed by atoms with E-state index in [4.69, 9.17) is 9.47 Å². The maximum absolute atomic E-state index is 13.7. The Morgan fingerprint density at radius 2 is 1.96 bits per heavy atom. The zero-order chi connectivity index (χ0) is 18.6. The van der Waals surface area contributed by atoms with Gasteiger partial charge in [-0.15, -0.1) is 0 Å². The van der Waals surface area contributed by atoms with Crippen LogP contribution in [0.2, 0.25) is 0 Å². The Bertz CT molecular complexity index is 743. The van der Waals surface area contributed by atoms with Crippen LogP contribution in [0.25, 0.3) is 0 Å². The lowest BCUT2D eigenvalue weighted by atomic mass is 9.76. The lowest BCUT2D eigenvalue weighted by Crippen LogP contribution is -2.52. The Balaban J connectivity index is 1.87. The van der Waals surface area contributed by atoms with E-state index in [0.717, 1.165) is 12.1 Å². The quantitative estimate of drug-likeness (QED) is 0.669. The van der Waals surface area contributed by atoms with Crippen molar-refractivity contribution < 1.29 is 27.8 Å². The molecule has 0 radical (unpaired) electrons. The van der Waals surface area contributed by atoms with Gasteiger partial charge in [-0.3, -0.25) is 0 Å². The summed E-state index contributed by atoms with van der Waals surface area (Å²) in [7, 11) is 0. The van der Waals surface area contributed by atoms with Gasteiger partial charge < -0.3 is 14.4 Å². The van der Waals surface area contributed by atoms with Crippen LogP contribution >= 0.6 is 0 Å². The molecule has 0 aliphatic carbocycles. The normalized spacial score (nSPS) is 25.8. The topological polar surface area (TPSA) is 55.8 Å². The van der Waals surface area contributed by atoms with Gasteiger partial charge in [-0.2, -0.15) is 0 Å². The third kappa shape index (κ3) is 2.96. The van der Waals surface area contributed by atoms with E-state index in [2.05, 4.69) is 0 Å². The van der Waals surface area contributed by atoms with Gasteiger partial charge in [0.2, 0.25) is 0 Å². The number of halogens is 2. The zero-order valence-corrected chi connectivity index (χ0v) is 14.7. The van der Waals surface area contributed by atoms with Crippen molar-refractivity contribution in [2.24, 2.45) is 5.92 Å². The number of esters is 1. The van der Waals surface area contributed by atoms with E-state index in [-0.39, 0.29) is 11.5 Å². The molecule has 0 saturated carbocycles. The fourth-order valence-corrected chi connectivity index (χ4v) is 3.50. The van der Waals surface area contributed by atoms with Crippen molar-refractivity contribution in [1.29, 1.82) is 0 Å². The zero-order valence-electron chi connectivity index (χ0n) is 14.7. The fourth-order valence-electron chi connectivity index (χ4n) is 3.50. The standard InChI is InChI=1S/C18H21F2NO4/c1-10-9-21(16(23)25-17(2,3)4)6-5-18(10)12-8-14(20)13(19)7-11(12)15(22)24-18/h7-8,10H,5-6,9H2,1-4H3/t10?,18-/m1/s1. The highest BCUT2D eigenvalue weighted by Gasteiger charge is 2.53. The molecule has 136 valence electrons. The minimum Gasteiger partial charge on any atom is -0.450 e. The number of hydrogen-bond acceptors (Lipinski definition) is 4. The Kier molecular flexibility index (Phi) is 4.00. The van der Waals surface area contributed by atoms with Crippen LogP contribution in [0, 0.1) is 17.6 Å². The molecule has 3 rings (SSSR count). The third-order valence-electron chi connectivity index (χ3n) is 4.71. The van der Waals surface area contributed by atoms with Crippen molar-refractivity contribution in [1.82, 2.24) is 4.90 Å². The summed E-state index contributed by atoms with van der Waals surface area (Å²) in [4.78, 5) is 25.9. The van der Waals surface area contributed by atoms with Gasteiger partial charge in [-0.05, 0) is 32.9 Å². The van der Waals surface area contributed by atoms with Crippen LogP contribution in [-0.2, 0) is 15.1 Å². The minimum absolute atomic E-state index is 0.0523. The van der Waals surface area contributed by atoms with Gasteiger partial charge in [-0.25, -0.2) is 18.4 Å². The van der Waals surface area contributed by atoms with Crippen LogP contribution in [0.4, 0.5) is 13.6 Å². The van der Waals surface area contributed by atoms with Crippen LogP contribution in [0.15, 0.2) is 12.1 Å². The molecule has 7 heteroatoms. The number of amides is 1. The molecule has 1 saturated heterocycles. The van der Waals surface area contributed by atoms with E-state index in [9.17, 15) is 18.4 Å². The summed E-state index contributed by atoms with van der Waals surface area (Å²) in [5, 5.41) is 0. The number of hydrogen-bond donors (Lipinski definition) is 0. The maximum Gasteiger partial charge on any atom is 0.410 e. The first-order valence-corrected chi connectivity index (χ1v) is 8.24. The molecule has 0 aromatic heterocycles. The van der Waals surface area contributed by atoms with Crippen LogP contribution in [0.1, 0.15) is 50.0 Å². The summed E-state index contributed by atoms with van der Waals surface area (Å²) in [6.07, 6.45) is -0.138. The van der Waals surface area contributed by atoms with Crippen LogP contribution in [0.5, 0.6) is 0 Å². The Labute approximate surface area is 144 Å². The van der Waals surface area contributed by atoms with E-state index in [1.165, 1.54) is 0 Å². The summed E-state index contributed by atoms with van der Waals surface area (Å²) >= 11 is 0. The second kappa shape index (κ2) is 5.68. The molecular formula is C18H21F2NO4. The molecule has 25 heavy (non-hydrogen) atoms. The van der Waals surface area contributed by atoms with Crippen LogP contribution in [-0.4, -0.2) is 35.7 Å². The van der Waals surface area contributed by atoms with Crippen molar-refractivity contribution in [2.75, 3.05) is 13.1 Å². The van der Waals surface area contributed by atoms with Crippen molar-refractivity contribution >= 4 is 12.1 Å². The number of rotatable bonds is 0. The fraction of sp³-hybridized carbons (Fsp3) is 0.556. The highest BCUT2D eigenvalue weighted by Crippen LogP contribution is 2.47. The van der Waals surface area contributed by atoms with Crippen molar-refractivity contribution in [3.63, 3.8) is 0 Å². The van der Waals surface area contributed by atoms with E-state index >= 15 is 0 Å².